The summed E-state index contributed by atoms with van der Waals surface area (Å²) < 4.78 is 27.5. The van der Waals surface area contributed by atoms with Crippen LogP contribution in [0.5, 0.6) is 0 Å². The van der Waals surface area contributed by atoms with Crippen molar-refractivity contribution in [2.24, 2.45) is 0 Å². The van der Waals surface area contributed by atoms with E-state index < -0.39 is 10.8 Å². The van der Waals surface area contributed by atoms with Gasteiger partial charge in [0, 0.05) is 98.1 Å². The summed E-state index contributed by atoms with van der Waals surface area (Å²) in [6, 6.07) is 0. The molecule has 0 amide bonds. The topological polar surface area (TPSA) is 46.2 Å². The second-order valence-corrected chi connectivity index (χ2v) is 1.39. The fourth-order valence-corrected chi connectivity index (χ4v) is 0.250. The third-order valence-electron chi connectivity index (χ3n) is 0.220. The minimum atomic E-state index is -3.74. The van der Waals surface area contributed by atoms with Gasteiger partial charge in [-0.05, 0) is 0 Å². The molecule has 0 bridgehead atoms. The Hall–Kier alpha value is 3.22. The van der Waals surface area contributed by atoms with E-state index in [1.165, 1.54) is 0 Å². The molecule has 7 heteroatoms. The van der Waals surface area contributed by atoms with Crippen LogP contribution in [-0.4, -0.2) is 16.1 Å². The van der Waals surface area contributed by atoms with E-state index in [2.05, 4.69) is 6.92 Å². The normalized spacial score (nSPS) is 9.22. The van der Waals surface area contributed by atoms with Crippen molar-refractivity contribution in [1.82, 2.24) is 4.72 Å². The monoisotopic (exact) mass is 376 g/mol. The second-order valence-electron chi connectivity index (χ2n) is 0.629. The number of rotatable bonds is 2. The fraction of sp³-hybridized carbons (Fsp3) is 0.500. The summed E-state index contributed by atoms with van der Waals surface area (Å²) in [6.45, 7) is 3.19. The molecular formula is C2H6NO2SY3-. The second kappa shape index (κ2) is 17.3. The molecule has 0 aromatic rings. The van der Waals surface area contributed by atoms with Crippen molar-refractivity contribution in [3.63, 3.8) is 0 Å². The molecule has 0 spiro atoms. The summed E-state index contributed by atoms with van der Waals surface area (Å²) >= 11 is 0. The maximum absolute atomic E-state index is 9.75. The average molecular weight is 376 g/mol. The van der Waals surface area contributed by atoms with Gasteiger partial charge in [-0.25, -0.2) is 13.1 Å². The molecule has 0 unspecified atom stereocenters. The molecule has 0 fully saturated rings. The van der Waals surface area contributed by atoms with Crippen LogP contribution in [0.15, 0.2) is 0 Å². The van der Waals surface area contributed by atoms with Gasteiger partial charge in [-0.2, -0.15) is 0 Å². The van der Waals surface area contributed by atoms with Gasteiger partial charge in [-0.3, -0.25) is 0 Å². The van der Waals surface area contributed by atoms with Crippen LogP contribution in [0.4, 0.5) is 0 Å². The Bertz CT molecular complexity index is 137. The van der Waals surface area contributed by atoms with Crippen LogP contribution < -0.4 is 4.72 Å². The molecule has 0 aliphatic heterocycles. The smallest absolute Gasteiger partial charge is 0.199 e. The molecule has 0 saturated heterocycles. The van der Waals surface area contributed by atoms with Crippen LogP contribution in [0, 0.1) is 6.92 Å². The van der Waals surface area contributed by atoms with Crippen LogP contribution in [0.3, 0.4) is 0 Å². The van der Waals surface area contributed by atoms with Gasteiger partial charge < -0.3 is 6.92 Å². The van der Waals surface area contributed by atoms with Gasteiger partial charge in [0.1, 0.15) is 0 Å². The van der Waals surface area contributed by atoms with Crippen LogP contribution in [0.1, 0.15) is 0 Å². The summed E-state index contributed by atoms with van der Waals surface area (Å²) in [6.07, 6.45) is 0. The van der Waals surface area contributed by atoms with E-state index in [0.29, 0.717) is 0 Å². The zero-order valence-electron chi connectivity index (χ0n) is 5.87. The molecule has 0 aromatic carbocycles. The molecule has 0 saturated carbocycles. The van der Waals surface area contributed by atoms with E-state index in [1.807, 2.05) is 4.72 Å². The molecule has 0 aromatic heterocycles. The Kier molecular flexibility index (Phi) is 34.9. The van der Waals surface area contributed by atoms with Gasteiger partial charge in [-0.15, -0.1) is 6.54 Å². The molecule has 3 nitrogen and oxygen atoms in total. The van der Waals surface area contributed by atoms with E-state index >= 15 is 0 Å². The Morgan fingerprint density at radius 2 is 1.78 bits per heavy atom. The van der Waals surface area contributed by atoms with Crippen molar-refractivity contribution in [2.75, 3.05) is 6.54 Å². The fourth-order valence-electron chi connectivity index (χ4n) is 0.0833. The maximum Gasteiger partial charge on any atom is 0.199 e. The summed E-state index contributed by atoms with van der Waals surface area (Å²) in [5.74, 6) is 0. The molecule has 3 radical (unpaired) electrons. The molecule has 0 aliphatic carbocycles. The Morgan fingerprint density at radius 3 is 1.78 bits per heavy atom. The SMILES string of the molecule is [2H]S(=O)(=O)NC[CH2-].[Y].[Y].[Y]. The van der Waals surface area contributed by atoms with Crippen LogP contribution in [0.2, 0.25) is 0 Å². The molecule has 9 heavy (non-hydrogen) atoms. The van der Waals surface area contributed by atoms with E-state index in [0.717, 1.165) is 0 Å². The standard InChI is InChI=1S/C2H6NO2S.3Y/c1-2-3-6(4)5;;;/h6H,1-2H2,(H,3,4,5);;;/q-1;;;/i6D;;;. The molecule has 0 atom stereocenters. The Morgan fingerprint density at radius 1 is 1.44 bits per heavy atom. The minimum Gasteiger partial charge on any atom is -0.329 e. The van der Waals surface area contributed by atoms with Crippen molar-refractivity contribution in [1.29, 1.82) is 1.12 Å². The molecule has 47 valence electrons. The van der Waals surface area contributed by atoms with E-state index in [-0.39, 0.29) is 105 Å². The number of thiol groups is 1. The largest absolute Gasteiger partial charge is 0.329 e. The van der Waals surface area contributed by atoms with Gasteiger partial charge in [0.15, 0.2) is 11.9 Å². The van der Waals surface area contributed by atoms with Gasteiger partial charge in [0.2, 0.25) is 0 Å². The average Bonchev–Trinajstić information content (AvgIpc) is 1.30. The molecular weight excluding hydrogens is 369 g/mol. The summed E-state index contributed by atoms with van der Waals surface area (Å²) in [5.41, 5.74) is 0. The first kappa shape index (κ1) is 18.1. The van der Waals surface area contributed by atoms with Gasteiger partial charge in [-0.1, -0.05) is 0 Å². The maximum atomic E-state index is 9.75. The molecule has 1 N–H and O–H groups in total. The Labute approximate surface area is 134 Å². The minimum absolute atomic E-state index is 0. The predicted octanol–water partition coefficient (Wildman–Crippen LogP) is -1.07. The molecule has 0 rings (SSSR count). The van der Waals surface area contributed by atoms with Gasteiger partial charge in [0.05, 0.1) is 0 Å². The predicted molar refractivity (Wildman–Crippen MR) is 23.7 cm³/mol. The van der Waals surface area contributed by atoms with Crippen LogP contribution in [0.25, 0.3) is 0 Å². The molecule has 0 heterocycles. The van der Waals surface area contributed by atoms with Crippen molar-refractivity contribution < 1.29 is 107 Å². The number of hydrogen-bond acceptors (Lipinski definition) is 2. The summed E-state index contributed by atoms with van der Waals surface area (Å²) in [7, 11) is -3.74. The van der Waals surface area contributed by atoms with Crippen LogP contribution in [-0.2, 0) is 109 Å². The van der Waals surface area contributed by atoms with E-state index in [9.17, 15) is 8.42 Å². The third kappa shape index (κ3) is 24.7. The summed E-state index contributed by atoms with van der Waals surface area (Å²) in [4.78, 5) is 0. The zero-order chi connectivity index (χ0) is 5.91. The first-order valence-corrected chi connectivity index (χ1v) is 2.47. The number of hydrogen-bond donors (Lipinski definition) is 2. The van der Waals surface area contributed by atoms with Crippen molar-refractivity contribution in [3.05, 3.63) is 6.92 Å². The quantitative estimate of drug-likeness (QED) is 0.477. The van der Waals surface area contributed by atoms with Crippen molar-refractivity contribution in [2.45, 2.75) is 0 Å². The van der Waals surface area contributed by atoms with Gasteiger partial charge in [0.25, 0.3) is 0 Å². The first-order valence-electron chi connectivity index (χ1n) is 1.80. The zero-order valence-corrected chi connectivity index (χ0v) is 14.2. The van der Waals surface area contributed by atoms with Crippen LogP contribution >= 0.6 is 0 Å². The van der Waals surface area contributed by atoms with Crippen molar-refractivity contribution >= 4 is 10.8 Å². The summed E-state index contributed by atoms with van der Waals surface area (Å²) in [5, 5.41) is 0. The Balaban J connectivity index is -0.0000000600. The van der Waals surface area contributed by atoms with E-state index in [1.54, 1.807) is 0 Å². The number of nitrogens with one attached hydrogen (secondary N) is 1. The van der Waals surface area contributed by atoms with E-state index in [4.69, 9.17) is 1.12 Å². The first-order chi connectivity index (χ1) is 3.06. The third-order valence-corrected chi connectivity index (χ3v) is 0.660. The molecule has 0 aliphatic rings. The van der Waals surface area contributed by atoms with Crippen molar-refractivity contribution in [3.8, 4) is 0 Å². The van der Waals surface area contributed by atoms with Gasteiger partial charge >= 0.3 is 0 Å².